The molecular formula is C16H31NO. The predicted molar refractivity (Wildman–Crippen MR) is 76.9 cm³/mol. The number of nitrogens with one attached hydrogen (secondary N) is 1. The molecule has 1 heterocycles. The molecule has 1 aliphatic heterocycles. The maximum Gasteiger partial charge on any atom is 0.0587 e. The van der Waals surface area contributed by atoms with E-state index in [9.17, 15) is 0 Å². The van der Waals surface area contributed by atoms with E-state index in [4.69, 9.17) is 4.74 Å². The van der Waals surface area contributed by atoms with Crippen molar-refractivity contribution in [2.24, 2.45) is 5.92 Å². The molecule has 18 heavy (non-hydrogen) atoms. The van der Waals surface area contributed by atoms with Gasteiger partial charge in [-0.25, -0.2) is 0 Å². The van der Waals surface area contributed by atoms with Crippen molar-refractivity contribution < 1.29 is 4.74 Å². The highest BCUT2D eigenvalue weighted by Crippen LogP contribution is 2.25. The molecular weight excluding hydrogens is 222 g/mol. The minimum Gasteiger partial charge on any atom is -0.378 e. The predicted octanol–water partition coefficient (Wildman–Crippen LogP) is 3.89. The summed E-state index contributed by atoms with van der Waals surface area (Å²) in [5.74, 6) is 0.999. The molecule has 1 saturated carbocycles. The molecule has 0 aromatic heterocycles. The van der Waals surface area contributed by atoms with Gasteiger partial charge in [-0.3, -0.25) is 0 Å². The first-order chi connectivity index (χ1) is 8.88. The van der Waals surface area contributed by atoms with E-state index in [0.29, 0.717) is 6.10 Å². The lowest BCUT2D eigenvalue weighted by molar-refractivity contribution is 0.0111. The fourth-order valence-corrected chi connectivity index (χ4v) is 3.47. The minimum absolute atomic E-state index is 0.542. The van der Waals surface area contributed by atoms with Crippen LogP contribution in [-0.2, 0) is 4.74 Å². The molecule has 0 spiro atoms. The van der Waals surface area contributed by atoms with Crippen molar-refractivity contribution in [3.05, 3.63) is 0 Å². The fraction of sp³-hybridized carbons (Fsp3) is 1.00. The van der Waals surface area contributed by atoms with E-state index < -0.39 is 0 Å². The van der Waals surface area contributed by atoms with Crippen molar-refractivity contribution in [1.29, 1.82) is 0 Å². The van der Waals surface area contributed by atoms with Gasteiger partial charge in [0.2, 0.25) is 0 Å². The third-order valence-electron chi connectivity index (χ3n) is 4.84. The van der Waals surface area contributed by atoms with E-state index in [1.807, 2.05) is 0 Å². The Morgan fingerprint density at radius 2 is 1.94 bits per heavy atom. The molecule has 0 amide bonds. The summed E-state index contributed by atoms with van der Waals surface area (Å²) in [6, 6.07) is 0.783. The molecule has 1 aliphatic carbocycles. The molecule has 0 radical (unpaired) electrons. The lowest BCUT2D eigenvalue weighted by Gasteiger charge is -2.24. The molecule has 3 unspecified atom stereocenters. The first-order valence-corrected chi connectivity index (χ1v) is 8.23. The number of ether oxygens (including phenoxy) is 1. The lowest BCUT2D eigenvalue weighted by Crippen LogP contribution is -2.32. The van der Waals surface area contributed by atoms with Crippen LogP contribution in [0.4, 0.5) is 0 Å². The molecule has 2 rings (SSSR count). The number of hydrogen-bond acceptors (Lipinski definition) is 2. The maximum atomic E-state index is 5.79. The van der Waals surface area contributed by atoms with Crippen molar-refractivity contribution in [2.45, 2.75) is 83.3 Å². The highest BCUT2D eigenvalue weighted by atomic mass is 16.5. The largest absolute Gasteiger partial charge is 0.378 e. The fourth-order valence-electron chi connectivity index (χ4n) is 3.47. The van der Waals surface area contributed by atoms with Gasteiger partial charge in [-0.1, -0.05) is 26.2 Å². The summed E-state index contributed by atoms with van der Waals surface area (Å²) < 4.78 is 5.79. The highest BCUT2D eigenvalue weighted by Gasteiger charge is 2.18. The van der Waals surface area contributed by atoms with Gasteiger partial charge in [0.15, 0.2) is 0 Å². The average Bonchev–Trinajstić information content (AvgIpc) is 2.65. The second-order valence-corrected chi connectivity index (χ2v) is 6.21. The van der Waals surface area contributed by atoms with Gasteiger partial charge < -0.3 is 10.1 Å². The standard InChI is InChI=1S/C16H31NO/c1-2-14-6-5-7-15(10-9-14)17-12-11-16-8-3-4-13-18-16/h14-17H,2-13H2,1H3. The van der Waals surface area contributed by atoms with Gasteiger partial charge in [0, 0.05) is 12.6 Å². The second-order valence-electron chi connectivity index (χ2n) is 6.21. The molecule has 3 atom stereocenters. The Morgan fingerprint density at radius 3 is 2.72 bits per heavy atom. The molecule has 0 aromatic carbocycles. The van der Waals surface area contributed by atoms with Gasteiger partial charge >= 0.3 is 0 Å². The Kier molecular flexibility index (Phi) is 6.50. The van der Waals surface area contributed by atoms with E-state index in [0.717, 1.165) is 25.1 Å². The average molecular weight is 253 g/mol. The van der Waals surface area contributed by atoms with Crippen molar-refractivity contribution in [3.63, 3.8) is 0 Å². The Morgan fingerprint density at radius 1 is 1.00 bits per heavy atom. The van der Waals surface area contributed by atoms with Crippen molar-refractivity contribution >= 4 is 0 Å². The molecule has 0 bridgehead atoms. The van der Waals surface area contributed by atoms with Gasteiger partial charge in [0.05, 0.1) is 6.10 Å². The van der Waals surface area contributed by atoms with Crippen LogP contribution in [-0.4, -0.2) is 25.3 Å². The Hall–Kier alpha value is -0.0800. The summed E-state index contributed by atoms with van der Waals surface area (Å²) in [6.07, 6.45) is 14.2. The van der Waals surface area contributed by atoms with Crippen molar-refractivity contribution in [2.75, 3.05) is 13.2 Å². The van der Waals surface area contributed by atoms with Crippen LogP contribution in [0.5, 0.6) is 0 Å². The van der Waals surface area contributed by atoms with Crippen molar-refractivity contribution in [1.82, 2.24) is 5.32 Å². The van der Waals surface area contributed by atoms with Crippen LogP contribution in [0.3, 0.4) is 0 Å². The van der Waals surface area contributed by atoms with Crippen LogP contribution in [0.25, 0.3) is 0 Å². The Balaban J connectivity index is 1.58. The molecule has 106 valence electrons. The van der Waals surface area contributed by atoms with Crippen molar-refractivity contribution in [3.8, 4) is 0 Å². The lowest BCUT2D eigenvalue weighted by atomic mass is 9.98. The zero-order valence-corrected chi connectivity index (χ0v) is 12.1. The van der Waals surface area contributed by atoms with Gasteiger partial charge in [0.25, 0.3) is 0 Å². The zero-order chi connectivity index (χ0) is 12.6. The van der Waals surface area contributed by atoms with E-state index in [1.165, 1.54) is 64.2 Å². The van der Waals surface area contributed by atoms with Crippen LogP contribution in [0, 0.1) is 5.92 Å². The molecule has 0 aromatic rings. The van der Waals surface area contributed by atoms with Gasteiger partial charge in [-0.2, -0.15) is 0 Å². The van der Waals surface area contributed by atoms with Crippen LogP contribution in [0.1, 0.15) is 71.1 Å². The number of rotatable bonds is 5. The monoisotopic (exact) mass is 253 g/mol. The van der Waals surface area contributed by atoms with E-state index in [-0.39, 0.29) is 0 Å². The topological polar surface area (TPSA) is 21.3 Å². The number of hydrogen-bond donors (Lipinski definition) is 1. The van der Waals surface area contributed by atoms with Crippen LogP contribution >= 0.6 is 0 Å². The third kappa shape index (κ3) is 4.89. The maximum absolute atomic E-state index is 5.79. The summed E-state index contributed by atoms with van der Waals surface area (Å²) in [4.78, 5) is 0. The molecule has 2 aliphatic rings. The smallest absolute Gasteiger partial charge is 0.0587 e. The summed E-state index contributed by atoms with van der Waals surface area (Å²) in [5.41, 5.74) is 0. The molecule has 1 saturated heterocycles. The molecule has 1 N–H and O–H groups in total. The third-order valence-corrected chi connectivity index (χ3v) is 4.84. The summed E-state index contributed by atoms with van der Waals surface area (Å²) >= 11 is 0. The SMILES string of the molecule is CCC1CCCC(NCCC2CCCCO2)CC1. The normalized spacial score (nSPS) is 34.2. The second kappa shape index (κ2) is 8.16. The summed E-state index contributed by atoms with van der Waals surface area (Å²) in [7, 11) is 0. The minimum atomic E-state index is 0.542. The van der Waals surface area contributed by atoms with Crippen LogP contribution < -0.4 is 5.32 Å². The van der Waals surface area contributed by atoms with Gasteiger partial charge in [0.1, 0.15) is 0 Å². The van der Waals surface area contributed by atoms with Crippen LogP contribution in [0.2, 0.25) is 0 Å². The molecule has 2 heteroatoms. The Labute approximate surface area is 113 Å². The van der Waals surface area contributed by atoms with E-state index in [2.05, 4.69) is 12.2 Å². The summed E-state index contributed by atoms with van der Waals surface area (Å²) in [5, 5.41) is 3.77. The van der Waals surface area contributed by atoms with Gasteiger partial charge in [-0.05, 0) is 57.4 Å². The van der Waals surface area contributed by atoms with E-state index >= 15 is 0 Å². The molecule has 2 fully saturated rings. The van der Waals surface area contributed by atoms with E-state index in [1.54, 1.807) is 0 Å². The Bertz CT molecular complexity index is 213. The highest BCUT2D eigenvalue weighted by molar-refractivity contribution is 4.75. The zero-order valence-electron chi connectivity index (χ0n) is 12.1. The molecule has 2 nitrogen and oxygen atoms in total. The first kappa shape index (κ1) is 14.3. The van der Waals surface area contributed by atoms with Crippen LogP contribution in [0.15, 0.2) is 0 Å². The van der Waals surface area contributed by atoms with Gasteiger partial charge in [-0.15, -0.1) is 0 Å². The summed E-state index contributed by atoms with van der Waals surface area (Å²) in [6.45, 7) is 4.50. The quantitative estimate of drug-likeness (QED) is 0.750. The first-order valence-electron chi connectivity index (χ1n) is 8.23.